The van der Waals surface area contributed by atoms with E-state index in [1.807, 2.05) is 50.2 Å². The number of anilines is 3. The number of hydrogen-bond acceptors (Lipinski definition) is 10. The van der Waals surface area contributed by atoms with Gasteiger partial charge < -0.3 is 20.9 Å². The number of carbonyl (C=O) groups is 1. The number of fused-ring (bicyclic) bond motifs is 2. The molecule has 1 aliphatic heterocycles. The fourth-order valence-electron chi connectivity index (χ4n) is 4.68. The van der Waals surface area contributed by atoms with Crippen LogP contribution in [0.4, 0.5) is 17.5 Å². The number of thiophene rings is 1. The SMILES string of the molecule is Cc1cccc(-c2nc(Nc3cnc4n(c3=O)[C@H](C(=O)NCc3cc5cnc(N)cc5s3)C[C@H]4C)no2)c1. The van der Waals surface area contributed by atoms with Crippen molar-refractivity contribution in [3.8, 4) is 11.5 Å². The topological polar surface area (TPSA) is 154 Å². The molecule has 11 nitrogen and oxygen atoms in total. The van der Waals surface area contributed by atoms with Crippen molar-refractivity contribution in [2.24, 2.45) is 0 Å². The summed E-state index contributed by atoms with van der Waals surface area (Å²) < 4.78 is 7.82. The first kappa shape index (κ1) is 23.8. The number of nitrogens with zero attached hydrogens (tertiary/aromatic N) is 5. The van der Waals surface area contributed by atoms with Gasteiger partial charge in [0.05, 0.1) is 12.7 Å². The van der Waals surface area contributed by atoms with Gasteiger partial charge in [0.2, 0.25) is 5.91 Å². The summed E-state index contributed by atoms with van der Waals surface area (Å²) in [5.41, 5.74) is 7.40. The largest absolute Gasteiger partial charge is 0.384 e. The summed E-state index contributed by atoms with van der Waals surface area (Å²) in [6, 6.07) is 10.8. The highest BCUT2D eigenvalue weighted by atomic mass is 32.1. The zero-order valence-corrected chi connectivity index (χ0v) is 21.5. The van der Waals surface area contributed by atoms with E-state index in [1.54, 1.807) is 17.5 Å². The van der Waals surface area contributed by atoms with Crippen molar-refractivity contribution in [2.45, 2.75) is 38.8 Å². The van der Waals surface area contributed by atoms with Crippen LogP contribution in [-0.4, -0.2) is 30.6 Å². The number of rotatable bonds is 6. The predicted octanol–water partition coefficient (Wildman–Crippen LogP) is 3.90. The van der Waals surface area contributed by atoms with Gasteiger partial charge in [-0.25, -0.2) is 9.97 Å². The van der Waals surface area contributed by atoms with Crippen molar-refractivity contribution in [3.05, 3.63) is 75.4 Å². The van der Waals surface area contributed by atoms with Gasteiger partial charge in [-0.3, -0.25) is 14.2 Å². The lowest BCUT2D eigenvalue weighted by Gasteiger charge is -2.15. The van der Waals surface area contributed by atoms with Crippen LogP contribution in [0.25, 0.3) is 21.5 Å². The van der Waals surface area contributed by atoms with Crippen molar-refractivity contribution in [3.63, 3.8) is 0 Å². The molecule has 0 aliphatic carbocycles. The van der Waals surface area contributed by atoms with Crippen molar-refractivity contribution in [1.29, 1.82) is 0 Å². The summed E-state index contributed by atoms with van der Waals surface area (Å²) in [5.74, 6) is 1.19. The molecular weight excluding hydrogens is 504 g/mol. The quantitative estimate of drug-likeness (QED) is 0.298. The van der Waals surface area contributed by atoms with Crippen LogP contribution >= 0.6 is 11.3 Å². The van der Waals surface area contributed by atoms with Crippen molar-refractivity contribution in [1.82, 2.24) is 30.0 Å². The molecule has 5 aromatic rings. The molecule has 4 N–H and O–H groups in total. The molecule has 0 saturated carbocycles. The number of nitrogen functional groups attached to an aromatic ring is 1. The molecule has 0 saturated heterocycles. The monoisotopic (exact) mass is 528 g/mol. The maximum Gasteiger partial charge on any atom is 0.278 e. The molecule has 2 atom stereocenters. The van der Waals surface area contributed by atoms with Gasteiger partial charge in [0.15, 0.2) is 0 Å². The van der Waals surface area contributed by atoms with Crippen molar-refractivity contribution >= 4 is 44.8 Å². The molecule has 12 heteroatoms. The number of nitrogens with one attached hydrogen (secondary N) is 2. The third-order valence-corrected chi connectivity index (χ3v) is 7.60. The van der Waals surface area contributed by atoms with Gasteiger partial charge >= 0.3 is 0 Å². The molecule has 192 valence electrons. The maximum atomic E-state index is 13.4. The second-order valence-electron chi connectivity index (χ2n) is 9.35. The number of carbonyl (C=O) groups excluding carboxylic acids is 1. The highest BCUT2D eigenvalue weighted by Gasteiger charge is 2.35. The first-order valence-electron chi connectivity index (χ1n) is 12.1. The minimum Gasteiger partial charge on any atom is -0.384 e. The van der Waals surface area contributed by atoms with Crippen molar-refractivity contribution in [2.75, 3.05) is 11.1 Å². The van der Waals surface area contributed by atoms with Crippen LogP contribution in [0.3, 0.4) is 0 Å². The number of aryl methyl sites for hydroxylation is 1. The predicted molar refractivity (Wildman–Crippen MR) is 144 cm³/mol. The van der Waals surface area contributed by atoms with Gasteiger partial charge in [-0.05, 0) is 42.8 Å². The van der Waals surface area contributed by atoms with E-state index in [4.69, 9.17) is 10.3 Å². The molecule has 1 aliphatic rings. The van der Waals surface area contributed by atoms with E-state index in [1.165, 1.54) is 10.8 Å². The van der Waals surface area contributed by atoms with Crippen LogP contribution in [0.5, 0.6) is 0 Å². The first-order valence-corrected chi connectivity index (χ1v) is 12.9. The number of amides is 1. The third-order valence-electron chi connectivity index (χ3n) is 6.50. The van der Waals surface area contributed by atoms with Gasteiger partial charge in [0, 0.05) is 32.6 Å². The summed E-state index contributed by atoms with van der Waals surface area (Å²) in [7, 11) is 0. The van der Waals surface area contributed by atoms with Gasteiger partial charge in [0.25, 0.3) is 17.4 Å². The minimum absolute atomic E-state index is 0.0519. The third kappa shape index (κ3) is 4.39. The van der Waals surface area contributed by atoms with E-state index in [9.17, 15) is 9.59 Å². The van der Waals surface area contributed by atoms with E-state index < -0.39 is 6.04 Å². The average molecular weight is 529 g/mol. The Morgan fingerprint density at radius 1 is 1.24 bits per heavy atom. The lowest BCUT2D eigenvalue weighted by molar-refractivity contribution is -0.124. The molecule has 0 radical (unpaired) electrons. The Labute approximate surface area is 220 Å². The minimum atomic E-state index is -0.679. The van der Waals surface area contributed by atoms with E-state index >= 15 is 0 Å². The Morgan fingerprint density at radius 2 is 2.11 bits per heavy atom. The summed E-state index contributed by atoms with van der Waals surface area (Å²) in [4.78, 5) is 40.6. The zero-order chi connectivity index (χ0) is 26.4. The number of nitrogens with two attached hydrogens (primary N) is 1. The van der Waals surface area contributed by atoms with Crippen LogP contribution in [0.15, 0.2) is 58.1 Å². The molecule has 4 aromatic heterocycles. The molecule has 1 amide bonds. The van der Waals surface area contributed by atoms with Crippen LogP contribution in [0.2, 0.25) is 0 Å². The highest BCUT2D eigenvalue weighted by molar-refractivity contribution is 7.19. The summed E-state index contributed by atoms with van der Waals surface area (Å²) in [6.45, 7) is 4.26. The van der Waals surface area contributed by atoms with Crippen LogP contribution in [-0.2, 0) is 11.3 Å². The Morgan fingerprint density at radius 3 is 2.95 bits per heavy atom. The Kier molecular flexibility index (Phi) is 5.87. The zero-order valence-electron chi connectivity index (χ0n) is 20.6. The summed E-state index contributed by atoms with van der Waals surface area (Å²) in [6.07, 6.45) is 3.64. The van der Waals surface area contributed by atoms with E-state index in [2.05, 4.69) is 30.7 Å². The molecule has 0 bridgehead atoms. The number of hydrogen-bond donors (Lipinski definition) is 3. The molecule has 5 heterocycles. The molecular formula is C26H24N8O3S. The average Bonchev–Trinajstić information content (AvgIpc) is 3.61. The lowest BCUT2D eigenvalue weighted by atomic mass is 10.1. The molecule has 0 unspecified atom stereocenters. The molecule has 1 aromatic carbocycles. The van der Waals surface area contributed by atoms with E-state index in [0.717, 1.165) is 26.1 Å². The Balaban J connectivity index is 1.21. The summed E-state index contributed by atoms with van der Waals surface area (Å²) in [5, 5.41) is 10.8. The van der Waals surface area contributed by atoms with Gasteiger partial charge in [0.1, 0.15) is 23.4 Å². The fraction of sp³-hybridized carbons (Fsp3) is 0.231. The molecule has 0 fully saturated rings. The molecule has 0 spiro atoms. The standard InChI is InChI=1S/C26H24N8O3S/c1-13-4-3-5-15(6-13)24-32-26(33-37-24)31-18-12-29-22-14(2)7-19(34(22)25(18)36)23(35)30-11-17-8-16-10-28-21(27)9-20(16)38-17/h3-6,8-10,12,14,19H,7,11H2,1-2H3,(H2,27,28)(H,30,35)(H,31,33)/t14-,19+/m1/s1. The maximum absolute atomic E-state index is 13.4. The van der Waals surface area contributed by atoms with Crippen LogP contribution < -0.4 is 21.9 Å². The van der Waals surface area contributed by atoms with Crippen LogP contribution in [0, 0.1) is 6.92 Å². The van der Waals surface area contributed by atoms with Gasteiger partial charge in [-0.1, -0.05) is 24.6 Å². The number of pyridine rings is 1. The van der Waals surface area contributed by atoms with E-state index in [0.29, 0.717) is 30.5 Å². The normalized spacial score (nSPS) is 16.5. The fourth-order valence-corrected chi connectivity index (χ4v) is 5.70. The number of aromatic nitrogens is 5. The second kappa shape index (κ2) is 9.38. The Bertz CT molecular complexity index is 1740. The second-order valence-corrected chi connectivity index (χ2v) is 10.5. The molecule has 6 rings (SSSR count). The summed E-state index contributed by atoms with van der Waals surface area (Å²) >= 11 is 1.54. The number of benzene rings is 1. The smallest absolute Gasteiger partial charge is 0.278 e. The van der Waals surface area contributed by atoms with E-state index in [-0.39, 0.29) is 29.0 Å². The van der Waals surface area contributed by atoms with Crippen molar-refractivity contribution < 1.29 is 9.32 Å². The highest BCUT2D eigenvalue weighted by Crippen LogP contribution is 2.34. The molecule has 38 heavy (non-hydrogen) atoms. The first-order chi connectivity index (χ1) is 18.4. The van der Waals surface area contributed by atoms with Gasteiger partial charge in [-0.15, -0.1) is 11.3 Å². The van der Waals surface area contributed by atoms with Gasteiger partial charge in [-0.2, -0.15) is 4.98 Å². The Hall–Kier alpha value is -4.58. The lowest BCUT2D eigenvalue weighted by Crippen LogP contribution is -2.36. The van der Waals surface area contributed by atoms with Crippen LogP contribution in [0.1, 0.15) is 41.6 Å².